The number of benzene rings is 1. The first kappa shape index (κ1) is 12.0. The third-order valence-electron chi connectivity index (χ3n) is 2.42. The van der Waals surface area contributed by atoms with Gasteiger partial charge in [-0.3, -0.25) is 0 Å². The zero-order valence-electron chi connectivity index (χ0n) is 7.93. The fourth-order valence-corrected chi connectivity index (χ4v) is 1.64. The van der Waals surface area contributed by atoms with Crippen molar-refractivity contribution >= 4 is 27.5 Å². The SMILES string of the molecule is CC(CN)(CO)c1ccc(Cl)c(Br)c1. The fourth-order valence-electron chi connectivity index (χ4n) is 1.15. The lowest BCUT2D eigenvalue weighted by Gasteiger charge is -2.26. The second-order valence-corrected chi connectivity index (χ2v) is 4.81. The Morgan fingerprint density at radius 1 is 1.57 bits per heavy atom. The summed E-state index contributed by atoms with van der Waals surface area (Å²) in [5, 5.41) is 9.93. The molecule has 0 fully saturated rings. The molecule has 0 heterocycles. The first-order chi connectivity index (χ1) is 6.53. The van der Waals surface area contributed by atoms with Crippen LogP contribution in [-0.2, 0) is 5.41 Å². The summed E-state index contributed by atoms with van der Waals surface area (Å²) in [6.45, 7) is 2.35. The molecule has 0 aliphatic carbocycles. The molecule has 0 spiro atoms. The van der Waals surface area contributed by atoms with Crippen molar-refractivity contribution in [2.24, 2.45) is 5.73 Å². The summed E-state index contributed by atoms with van der Waals surface area (Å²) in [6, 6.07) is 5.58. The Kier molecular flexibility index (Phi) is 3.95. The van der Waals surface area contributed by atoms with Gasteiger partial charge < -0.3 is 10.8 Å². The van der Waals surface area contributed by atoms with Gasteiger partial charge in [-0.1, -0.05) is 24.6 Å². The van der Waals surface area contributed by atoms with Crippen LogP contribution in [0.5, 0.6) is 0 Å². The molecular formula is C10H13BrClNO. The predicted octanol–water partition coefficient (Wildman–Crippen LogP) is 2.31. The molecule has 1 rings (SSSR count). The van der Waals surface area contributed by atoms with Crippen molar-refractivity contribution in [2.45, 2.75) is 12.3 Å². The van der Waals surface area contributed by atoms with Gasteiger partial charge in [0.25, 0.3) is 0 Å². The van der Waals surface area contributed by atoms with E-state index in [0.29, 0.717) is 11.6 Å². The van der Waals surface area contributed by atoms with Crippen LogP contribution in [0.3, 0.4) is 0 Å². The summed E-state index contributed by atoms with van der Waals surface area (Å²) in [4.78, 5) is 0. The van der Waals surface area contributed by atoms with E-state index in [1.165, 1.54) is 0 Å². The summed E-state index contributed by atoms with van der Waals surface area (Å²) < 4.78 is 0.824. The van der Waals surface area contributed by atoms with Crippen LogP contribution in [0.4, 0.5) is 0 Å². The molecule has 3 N–H and O–H groups in total. The van der Waals surface area contributed by atoms with Crippen LogP contribution < -0.4 is 5.73 Å². The predicted molar refractivity (Wildman–Crippen MR) is 62.6 cm³/mol. The highest BCUT2D eigenvalue weighted by Gasteiger charge is 2.24. The first-order valence-electron chi connectivity index (χ1n) is 4.30. The molecule has 1 atom stereocenters. The normalized spacial score (nSPS) is 15.2. The molecule has 1 unspecified atom stereocenters. The van der Waals surface area contributed by atoms with Crippen molar-refractivity contribution in [1.29, 1.82) is 0 Å². The van der Waals surface area contributed by atoms with Gasteiger partial charge in [0.2, 0.25) is 0 Å². The van der Waals surface area contributed by atoms with Crippen LogP contribution >= 0.6 is 27.5 Å². The highest BCUT2D eigenvalue weighted by molar-refractivity contribution is 9.10. The van der Waals surface area contributed by atoms with Crippen LogP contribution in [0.1, 0.15) is 12.5 Å². The number of halogens is 2. The van der Waals surface area contributed by atoms with E-state index >= 15 is 0 Å². The number of hydrogen-bond acceptors (Lipinski definition) is 2. The topological polar surface area (TPSA) is 46.2 Å². The highest BCUT2D eigenvalue weighted by atomic mass is 79.9. The van der Waals surface area contributed by atoms with Crippen molar-refractivity contribution in [3.05, 3.63) is 33.3 Å². The quantitative estimate of drug-likeness (QED) is 0.891. The van der Waals surface area contributed by atoms with Gasteiger partial charge in [0.15, 0.2) is 0 Å². The molecule has 4 heteroatoms. The molecule has 14 heavy (non-hydrogen) atoms. The zero-order chi connectivity index (χ0) is 10.8. The van der Waals surface area contributed by atoms with E-state index in [-0.39, 0.29) is 6.61 Å². The monoisotopic (exact) mass is 277 g/mol. The van der Waals surface area contributed by atoms with Crippen molar-refractivity contribution in [3.63, 3.8) is 0 Å². The summed E-state index contributed by atoms with van der Waals surface area (Å²) in [5.74, 6) is 0. The minimum Gasteiger partial charge on any atom is -0.395 e. The lowest BCUT2D eigenvalue weighted by molar-refractivity contribution is 0.210. The zero-order valence-corrected chi connectivity index (χ0v) is 10.3. The molecule has 0 saturated carbocycles. The molecule has 0 bridgehead atoms. The largest absolute Gasteiger partial charge is 0.395 e. The Morgan fingerprint density at radius 2 is 2.21 bits per heavy atom. The Balaban J connectivity index is 3.12. The number of rotatable bonds is 3. The van der Waals surface area contributed by atoms with Crippen LogP contribution in [-0.4, -0.2) is 18.3 Å². The molecule has 0 amide bonds. The fraction of sp³-hybridized carbons (Fsp3) is 0.400. The van der Waals surface area contributed by atoms with Crippen LogP contribution in [0.15, 0.2) is 22.7 Å². The Labute approximate surface area is 97.2 Å². The van der Waals surface area contributed by atoms with E-state index in [1.54, 1.807) is 6.07 Å². The second kappa shape index (κ2) is 4.62. The average molecular weight is 279 g/mol. The molecule has 1 aromatic carbocycles. The molecule has 0 radical (unpaired) electrons. The molecule has 2 nitrogen and oxygen atoms in total. The van der Waals surface area contributed by atoms with Gasteiger partial charge in [0.1, 0.15) is 0 Å². The van der Waals surface area contributed by atoms with Crippen LogP contribution in [0, 0.1) is 0 Å². The summed E-state index contributed by atoms with van der Waals surface area (Å²) in [7, 11) is 0. The Morgan fingerprint density at radius 3 is 2.64 bits per heavy atom. The van der Waals surface area contributed by atoms with Crippen molar-refractivity contribution in [2.75, 3.05) is 13.2 Å². The van der Waals surface area contributed by atoms with E-state index in [1.807, 2.05) is 19.1 Å². The van der Waals surface area contributed by atoms with Gasteiger partial charge >= 0.3 is 0 Å². The smallest absolute Gasteiger partial charge is 0.0548 e. The third-order valence-corrected chi connectivity index (χ3v) is 3.63. The maximum Gasteiger partial charge on any atom is 0.0548 e. The second-order valence-electron chi connectivity index (χ2n) is 3.55. The average Bonchev–Trinajstić information content (AvgIpc) is 2.21. The lowest BCUT2D eigenvalue weighted by atomic mass is 9.83. The molecule has 0 saturated heterocycles. The van der Waals surface area contributed by atoms with Crippen LogP contribution in [0.25, 0.3) is 0 Å². The number of nitrogens with two attached hydrogens (primary N) is 1. The lowest BCUT2D eigenvalue weighted by Crippen LogP contribution is -2.35. The summed E-state index contributed by atoms with van der Waals surface area (Å²) in [5.41, 5.74) is 6.22. The van der Waals surface area contributed by atoms with Gasteiger partial charge in [0, 0.05) is 16.4 Å². The maximum atomic E-state index is 9.27. The molecular weight excluding hydrogens is 265 g/mol. The summed E-state index contributed by atoms with van der Waals surface area (Å²) >= 11 is 9.22. The van der Waals surface area contributed by atoms with E-state index in [4.69, 9.17) is 17.3 Å². The molecule has 0 aliphatic heterocycles. The van der Waals surface area contributed by atoms with Gasteiger partial charge in [0.05, 0.1) is 11.6 Å². The first-order valence-corrected chi connectivity index (χ1v) is 5.47. The van der Waals surface area contributed by atoms with E-state index in [9.17, 15) is 5.11 Å². The molecule has 0 aromatic heterocycles. The van der Waals surface area contributed by atoms with E-state index < -0.39 is 5.41 Å². The molecule has 1 aromatic rings. The minimum absolute atomic E-state index is 0.0254. The molecule has 0 aliphatic rings. The van der Waals surface area contributed by atoms with Gasteiger partial charge in [-0.05, 0) is 33.6 Å². The minimum atomic E-state index is -0.396. The number of aliphatic hydroxyl groups excluding tert-OH is 1. The van der Waals surface area contributed by atoms with Gasteiger partial charge in [-0.15, -0.1) is 0 Å². The van der Waals surface area contributed by atoms with Crippen molar-refractivity contribution < 1.29 is 5.11 Å². The number of aliphatic hydroxyl groups is 1. The van der Waals surface area contributed by atoms with Gasteiger partial charge in [-0.2, -0.15) is 0 Å². The third kappa shape index (κ3) is 2.28. The van der Waals surface area contributed by atoms with Crippen molar-refractivity contribution in [1.82, 2.24) is 0 Å². The summed E-state index contributed by atoms with van der Waals surface area (Å²) in [6.07, 6.45) is 0. The van der Waals surface area contributed by atoms with Crippen molar-refractivity contribution in [3.8, 4) is 0 Å². The Bertz CT molecular complexity index is 326. The van der Waals surface area contributed by atoms with E-state index in [0.717, 1.165) is 10.0 Å². The van der Waals surface area contributed by atoms with E-state index in [2.05, 4.69) is 15.9 Å². The highest BCUT2D eigenvalue weighted by Crippen LogP contribution is 2.29. The maximum absolute atomic E-state index is 9.27. The Hall–Kier alpha value is -0.0900. The standard InChI is InChI=1S/C10H13BrClNO/c1-10(5-13,6-14)7-2-3-9(12)8(11)4-7/h2-4,14H,5-6,13H2,1H3. The van der Waals surface area contributed by atoms with Gasteiger partial charge in [-0.25, -0.2) is 0 Å². The number of hydrogen-bond donors (Lipinski definition) is 2. The van der Waals surface area contributed by atoms with Crippen LogP contribution in [0.2, 0.25) is 5.02 Å². The molecule has 78 valence electrons.